The molecule has 4 nitrogen and oxygen atoms in total. The van der Waals surface area contributed by atoms with E-state index in [-0.39, 0.29) is 12.4 Å². The van der Waals surface area contributed by atoms with Gasteiger partial charge < -0.3 is 14.5 Å². The molecule has 2 rings (SSSR count). The number of hydrogen-bond acceptors (Lipinski definition) is 3. The van der Waals surface area contributed by atoms with Crippen LogP contribution in [0.25, 0.3) is 10.9 Å². The van der Waals surface area contributed by atoms with E-state index < -0.39 is 0 Å². The van der Waals surface area contributed by atoms with E-state index in [0.29, 0.717) is 5.75 Å². The largest absolute Gasteiger partial charge is 0.467 e. The number of rotatable bonds is 3. The number of ether oxygens (including phenoxy) is 2. The number of halogens is 1. The molecule has 84 valence electrons. The van der Waals surface area contributed by atoms with Crippen LogP contribution in [0.1, 0.15) is 0 Å². The second kappa shape index (κ2) is 4.67. The van der Waals surface area contributed by atoms with E-state index in [2.05, 4.69) is 20.9 Å². The van der Waals surface area contributed by atoms with Crippen molar-refractivity contribution in [3.05, 3.63) is 39.1 Å². The van der Waals surface area contributed by atoms with E-state index in [1.165, 1.54) is 6.07 Å². The Morgan fingerprint density at radius 3 is 2.94 bits per heavy atom. The number of fused-ring (bicyclic) bond motifs is 1. The highest BCUT2D eigenvalue weighted by molar-refractivity contribution is 9.10. The van der Waals surface area contributed by atoms with Gasteiger partial charge in [-0.1, -0.05) is 0 Å². The molecule has 0 atom stereocenters. The summed E-state index contributed by atoms with van der Waals surface area (Å²) in [5, 5.41) is 0.935. The lowest BCUT2D eigenvalue weighted by molar-refractivity contribution is 0.0512. The smallest absolute Gasteiger partial charge is 0.248 e. The van der Waals surface area contributed by atoms with E-state index in [0.717, 1.165) is 15.4 Å². The minimum atomic E-state index is -0.136. The minimum absolute atomic E-state index is 0.136. The van der Waals surface area contributed by atoms with Gasteiger partial charge in [-0.2, -0.15) is 0 Å². The number of hydrogen-bond donors (Lipinski definition) is 1. The highest BCUT2D eigenvalue weighted by atomic mass is 79.9. The van der Waals surface area contributed by atoms with Crippen LogP contribution in [-0.2, 0) is 4.74 Å². The van der Waals surface area contributed by atoms with E-state index in [9.17, 15) is 4.79 Å². The molecule has 5 heteroatoms. The Labute approximate surface area is 100 Å². The first-order chi connectivity index (χ1) is 7.70. The van der Waals surface area contributed by atoms with Gasteiger partial charge in [-0.3, -0.25) is 4.79 Å². The second-order valence-corrected chi connectivity index (χ2v) is 4.09. The van der Waals surface area contributed by atoms with Crippen molar-refractivity contribution in [1.29, 1.82) is 0 Å². The maximum Gasteiger partial charge on any atom is 0.248 e. The van der Waals surface area contributed by atoms with Crippen molar-refractivity contribution < 1.29 is 9.47 Å². The fourth-order valence-corrected chi connectivity index (χ4v) is 1.98. The number of benzene rings is 1. The molecular formula is C11H10BrNO3. The van der Waals surface area contributed by atoms with Crippen molar-refractivity contribution in [1.82, 2.24) is 4.98 Å². The average molecular weight is 284 g/mol. The maximum absolute atomic E-state index is 11.2. The topological polar surface area (TPSA) is 51.3 Å². The monoisotopic (exact) mass is 283 g/mol. The van der Waals surface area contributed by atoms with Crippen LogP contribution < -0.4 is 10.3 Å². The van der Waals surface area contributed by atoms with Gasteiger partial charge in [0, 0.05) is 29.1 Å². The molecule has 1 aromatic carbocycles. The van der Waals surface area contributed by atoms with Gasteiger partial charge in [0.15, 0.2) is 6.79 Å². The number of nitrogens with one attached hydrogen (secondary N) is 1. The van der Waals surface area contributed by atoms with Gasteiger partial charge in [0.05, 0.1) is 5.52 Å². The zero-order valence-corrected chi connectivity index (χ0v) is 10.2. The van der Waals surface area contributed by atoms with Crippen LogP contribution in [0.4, 0.5) is 0 Å². The van der Waals surface area contributed by atoms with E-state index in [1.54, 1.807) is 19.2 Å². The number of H-pyrrole nitrogens is 1. The molecule has 0 saturated carbocycles. The van der Waals surface area contributed by atoms with Gasteiger partial charge in [0.1, 0.15) is 5.75 Å². The molecule has 0 bridgehead atoms. The molecule has 0 aliphatic heterocycles. The summed E-state index contributed by atoms with van der Waals surface area (Å²) < 4.78 is 11.0. The molecule has 0 amide bonds. The SMILES string of the molecule is COCOc1cc(Br)c2ccc(=O)[nH]c2c1. The van der Waals surface area contributed by atoms with Crippen LogP contribution in [0.5, 0.6) is 5.75 Å². The highest BCUT2D eigenvalue weighted by Crippen LogP contribution is 2.27. The van der Waals surface area contributed by atoms with Crippen molar-refractivity contribution in [3.8, 4) is 5.75 Å². The lowest BCUT2D eigenvalue weighted by Crippen LogP contribution is -2.03. The normalized spacial score (nSPS) is 10.6. The second-order valence-electron chi connectivity index (χ2n) is 3.24. The first-order valence-corrected chi connectivity index (χ1v) is 5.44. The summed E-state index contributed by atoms with van der Waals surface area (Å²) in [5.74, 6) is 0.642. The van der Waals surface area contributed by atoms with Crippen molar-refractivity contribution in [2.24, 2.45) is 0 Å². The van der Waals surface area contributed by atoms with Crippen molar-refractivity contribution in [3.63, 3.8) is 0 Å². The van der Waals surface area contributed by atoms with Gasteiger partial charge in [-0.15, -0.1) is 0 Å². The molecule has 0 fully saturated rings. The minimum Gasteiger partial charge on any atom is -0.467 e. The van der Waals surface area contributed by atoms with Crippen molar-refractivity contribution in [2.75, 3.05) is 13.9 Å². The fraction of sp³-hybridized carbons (Fsp3) is 0.182. The Morgan fingerprint density at radius 2 is 2.19 bits per heavy atom. The third kappa shape index (κ3) is 2.25. The summed E-state index contributed by atoms with van der Waals surface area (Å²) in [4.78, 5) is 13.9. The summed E-state index contributed by atoms with van der Waals surface area (Å²) >= 11 is 3.42. The van der Waals surface area contributed by atoms with E-state index >= 15 is 0 Å². The number of aromatic amines is 1. The standard InChI is InChI=1S/C11H10BrNO3/c1-15-6-16-7-4-9(12)8-2-3-11(14)13-10(8)5-7/h2-5H,6H2,1H3,(H,13,14). The molecule has 2 aromatic rings. The van der Waals surface area contributed by atoms with Crippen molar-refractivity contribution in [2.45, 2.75) is 0 Å². The van der Waals surface area contributed by atoms with Gasteiger partial charge in [-0.25, -0.2) is 0 Å². The Balaban J connectivity index is 2.52. The molecule has 0 aliphatic rings. The Hall–Kier alpha value is -1.33. The Kier molecular flexibility index (Phi) is 3.26. The van der Waals surface area contributed by atoms with Gasteiger partial charge in [-0.05, 0) is 28.1 Å². The first kappa shape index (κ1) is 11.2. The van der Waals surface area contributed by atoms with Gasteiger partial charge in [0.2, 0.25) is 5.56 Å². The lowest BCUT2D eigenvalue weighted by atomic mass is 10.2. The van der Waals surface area contributed by atoms with E-state index in [4.69, 9.17) is 9.47 Å². The number of methoxy groups -OCH3 is 1. The number of pyridine rings is 1. The third-order valence-electron chi connectivity index (χ3n) is 2.11. The third-order valence-corrected chi connectivity index (χ3v) is 2.76. The molecule has 0 unspecified atom stereocenters. The molecule has 0 spiro atoms. The molecule has 1 heterocycles. The molecule has 0 radical (unpaired) electrons. The summed E-state index contributed by atoms with van der Waals surface area (Å²) in [6.45, 7) is 0.176. The zero-order chi connectivity index (χ0) is 11.5. The predicted molar refractivity (Wildman–Crippen MR) is 64.8 cm³/mol. The van der Waals surface area contributed by atoms with Gasteiger partial charge >= 0.3 is 0 Å². The Morgan fingerprint density at radius 1 is 1.38 bits per heavy atom. The van der Waals surface area contributed by atoms with Crippen LogP contribution in [0.15, 0.2) is 33.5 Å². The summed E-state index contributed by atoms with van der Waals surface area (Å²) in [6.07, 6.45) is 0. The average Bonchev–Trinajstić information content (AvgIpc) is 2.25. The Bertz CT molecular complexity index is 565. The highest BCUT2D eigenvalue weighted by Gasteiger charge is 2.03. The molecule has 16 heavy (non-hydrogen) atoms. The summed E-state index contributed by atoms with van der Waals surface area (Å²) in [7, 11) is 1.55. The lowest BCUT2D eigenvalue weighted by Gasteiger charge is -2.07. The quantitative estimate of drug-likeness (QED) is 0.880. The zero-order valence-electron chi connectivity index (χ0n) is 8.62. The molecule has 1 N–H and O–H groups in total. The predicted octanol–water partition coefficient (Wildman–Crippen LogP) is 2.27. The van der Waals surface area contributed by atoms with Crippen LogP contribution >= 0.6 is 15.9 Å². The molecule has 0 saturated heterocycles. The van der Waals surface area contributed by atoms with Crippen LogP contribution in [0.2, 0.25) is 0 Å². The van der Waals surface area contributed by atoms with Crippen molar-refractivity contribution >= 4 is 26.8 Å². The number of aromatic nitrogens is 1. The van der Waals surface area contributed by atoms with Crippen LogP contribution in [-0.4, -0.2) is 18.9 Å². The van der Waals surface area contributed by atoms with Crippen LogP contribution in [0, 0.1) is 0 Å². The maximum atomic E-state index is 11.2. The fourth-order valence-electron chi connectivity index (χ4n) is 1.41. The van der Waals surface area contributed by atoms with E-state index in [1.807, 2.05) is 6.07 Å². The summed E-state index contributed by atoms with van der Waals surface area (Å²) in [6, 6.07) is 6.85. The molecule has 1 aromatic heterocycles. The molecular weight excluding hydrogens is 274 g/mol. The van der Waals surface area contributed by atoms with Gasteiger partial charge in [0.25, 0.3) is 0 Å². The summed E-state index contributed by atoms with van der Waals surface area (Å²) in [5.41, 5.74) is 0.594. The first-order valence-electron chi connectivity index (χ1n) is 4.65. The molecule has 0 aliphatic carbocycles. The van der Waals surface area contributed by atoms with Crippen LogP contribution in [0.3, 0.4) is 0 Å².